The molecule has 0 spiro atoms. The van der Waals surface area contributed by atoms with E-state index in [1.54, 1.807) is 20.8 Å². The fraction of sp³-hybridized carbons (Fsp3) is 0.522. The van der Waals surface area contributed by atoms with Gasteiger partial charge in [-0.1, -0.05) is 18.2 Å². The van der Waals surface area contributed by atoms with Gasteiger partial charge in [-0.05, 0) is 69.6 Å². The molecule has 2 aliphatic carbocycles. The van der Waals surface area contributed by atoms with Crippen LogP contribution < -0.4 is 5.32 Å². The van der Waals surface area contributed by atoms with Gasteiger partial charge in [0.1, 0.15) is 11.6 Å². The van der Waals surface area contributed by atoms with Gasteiger partial charge in [0.05, 0.1) is 12.2 Å². The molecule has 7 heteroatoms. The van der Waals surface area contributed by atoms with Gasteiger partial charge in [0.15, 0.2) is 0 Å². The number of benzene rings is 1. The molecule has 1 saturated carbocycles. The number of amides is 1. The molecular weight excluding hydrogens is 382 g/mol. The van der Waals surface area contributed by atoms with Gasteiger partial charge in [0.25, 0.3) is 0 Å². The van der Waals surface area contributed by atoms with Crippen molar-refractivity contribution in [1.82, 2.24) is 15.1 Å². The molecule has 0 radical (unpaired) electrons. The molecule has 0 aliphatic heterocycles. The highest BCUT2D eigenvalue weighted by Crippen LogP contribution is 2.38. The number of hydrogen-bond donors (Lipinski definition) is 2. The molecule has 1 fully saturated rings. The molecule has 0 saturated heterocycles. The van der Waals surface area contributed by atoms with Crippen molar-refractivity contribution < 1.29 is 19.4 Å². The normalized spacial score (nSPS) is 19.6. The van der Waals surface area contributed by atoms with Crippen LogP contribution in [-0.2, 0) is 16.0 Å². The quantitative estimate of drug-likeness (QED) is 0.766. The van der Waals surface area contributed by atoms with Crippen molar-refractivity contribution in [2.24, 2.45) is 0 Å². The van der Waals surface area contributed by atoms with Crippen LogP contribution in [0.25, 0.3) is 11.1 Å². The van der Waals surface area contributed by atoms with Crippen molar-refractivity contribution in [3.8, 4) is 11.1 Å². The second-order valence-corrected chi connectivity index (χ2v) is 9.31. The van der Waals surface area contributed by atoms with Gasteiger partial charge in [0.2, 0.25) is 0 Å². The minimum Gasteiger partial charge on any atom is -0.480 e. The van der Waals surface area contributed by atoms with Gasteiger partial charge in [-0.25, -0.2) is 9.59 Å². The van der Waals surface area contributed by atoms with Gasteiger partial charge < -0.3 is 15.2 Å². The van der Waals surface area contributed by atoms with Gasteiger partial charge in [-0.3, -0.25) is 4.68 Å². The number of aromatic nitrogens is 2. The number of hydrogen-bond acceptors (Lipinski definition) is 4. The molecule has 2 N–H and O–H groups in total. The van der Waals surface area contributed by atoms with Gasteiger partial charge in [0, 0.05) is 17.7 Å². The third-order valence-corrected chi connectivity index (χ3v) is 5.70. The van der Waals surface area contributed by atoms with E-state index in [-0.39, 0.29) is 5.92 Å². The number of nitrogens with one attached hydrogen (secondary N) is 1. The second kappa shape index (κ2) is 7.78. The standard InChI is InChI=1S/C23H29N3O4/c1-23(2,3)30-22(29)25-20(21(27)28)18-6-4-5-14-7-8-15(11-19(14)18)16-12-24-26(13-16)17-9-10-17/h7-8,11-13,17-18,20H,4-6,9-10H2,1-3H3,(H,25,29)(H,27,28)/t18?,20-/m0/s1. The highest BCUT2D eigenvalue weighted by molar-refractivity contribution is 5.81. The Morgan fingerprint density at radius 1 is 1.23 bits per heavy atom. The summed E-state index contributed by atoms with van der Waals surface area (Å²) in [6.07, 6.45) is 8.06. The van der Waals surface area contributed by atoms with E-state index in [0.29, 0.717) is 12.5 Å². The third kappa shape index (κ3) is 4.50. The van der Waals surface area contributed by atoms with E-state index in [4.69, 9.17) is 4.74 Å². The minimum atomic E-state index is -1.05. The van der Waals surface area contributed by atoms with E-state index in [1.807, 2.05) is 10.9 Å². The van der Waals surface area contributed by atoms with Crippen molar-refractivity contribution in [3.63, 3.8) is 0 Å². The van der Waals surface area contributed by atoms with Gasteiger partial charge in [-0.15, -0.1) is 0 Å². The number of carbonyl (C=O) groups excluding carboxylic acids is 1. The predicted octanol–water partition coefficient (Wildman–Crippen LogP) is 4.28. The Morgan fingerprint density at radius 3 is 2.67 bits per heavy atom. The molecule has 0 bridgehead atoms. The number of nitrogens with zero attached hydrogens (tertiary/aromatic N) is 2. The van der Waals surface area contributed by atoms with Crippen LogP contribution in [0.2, 0.25) is 0 Å². The molecule has 1 aromatic carbocycles. The van der Waals surface area contributed by atoms with Crippen molar-refractivity contribution >= 4 is 12.1 Å². The number of ether oxygens (including phenoxy) is 1. The Labute approximate surface area is 176 Å². The van der Waals surface area contributed by atoms with Crippen LogP contribution in [0.5, 0.6) is 0 Å². The van der Waals surface area contributed by atoms with Crippen LogP contribution >= 0.6 is 0 Å². The van der Waals surface area contributed by atoms with Crippen LogP contribution in [0.3, 0.4) is 0 Å². The van der Waals surface area contributed by atoms with Crippen LogP contribution in [0.15, 0.2) is 30.6 Å². The molecular formula is C23H29N3O4. The molecule has 7 nitrogen and oxygen atoms in total. The maximum absolute atomic E-state index is 12.3. The van der Waals surface area contributed by atoms with Crippen LogP contribution in [-0.4, -0.2) is 38.6 Å². The molecule has 2 atom stereocenters. The molecule has 1 amide bonds. The maximum atomic E-state index is 12.3. The highest BCUT2D eigenvalue weighted by atomic mass is 16.6. The first-order valence-corrected chi connectivity index (χ1v) is 10.6. The topological polar surface area (TPSA) is 93.4 Å². The molecule has 4 rings (SSSR count). The average molecular weight is 412 g/mol. The first kappa shape index (κ1) is 20.4. The first-order chi connectivity index (χ1) is 14.2. The summed E-state index contributed by atoms with van der Waals surface area (Å²) in [6, 6.07) is 5.70. The summed E-state index contributed by atoms with van der Waals surface area (Å²) in [5.74, 6) is -1.36. The third-order valence-electron chi connectivity index (χ3n) is 5.70. The Balaban J connectivity index is 1.61. The summed E-state index contributed by atoms with van der Waals surface area (Å²) in [7, 11) is 0. The minimum absolute atomic E-state index is 0.308. The molecule has 1 aromatic heterocycles. The number of aryl methyl sites for hydroxylation is 1. The maximum Gasteiger partial charge on any atom is 0.408 e. The number of fused-ring (bicyclic) bond motifs is 1. The fourth-order valence-electron chi connectivity index (χ4n) is 4.16. The van der Waals surface area contributed by atoms with Gasteiger partial charge >= 0.3 is 12.1 Å². The number of carboxylic acid groups (broad SMARTS) is 1. The van der Waals surface area contributed by atoms with E-state index >= 15 is 0 Å². The van der Waals surface area contributed by atoms with E-state index in [0.717, 1.165) is 35.1 Å². The van der Waals surface area contributed by atoms with Crippen molar-refractivity contribution in [2.45, 2.75) is 76.5 Å². The number of rotatable bonds is 5. The fourth-order valence-corrected chi connectivity index (χ4v) is 4.16. The van der Waals surface area contributed by atoms with E-state index in [2.05, 4.69) is 34.8 Å². The lowest BCUT2D eigenvalue weighted by molar-refractivity contribution is -0.140. The number of carbonyl (C=O) groups is 2. The Morgan fingerprint density at radius 2 is 2.00 bits per heavy atom. The second-order valence-electron chi connectivity index (χ2n) is 9.31. The summed E-state index contributed by atoms with van der Waals surface area (Å²) >= 11 is 0. The van der Waals surface area contributed by atoms with Gasteiger partial charge in [-0.2, -0.15) is 5.10 Å². The van der Waals surface area contributed by atoms with Crippen molar-refractivity contribution in [1.29, 1.82) is 0 Å². The summed E-state index contributed by atoms with van der Waals surface area (Å²) in [5.41, 5.74) is 3.49. The zero-order chi connectivity index (χ0) is 21.5. The molecule has 2 aliphatic rings. The molecule has 160 valence electrons. The van der Waals surface area contributed by atoms with Crippen LogP contribution in [0.4, 0.5) is 4.79 Å². The molecule has 1 heterocycles. The van der Waals surface area contributed by atoms with E-state index in [1.165, 1.54) is 12.8 Å². The van der Waals surface area contributed by atoms with E-state index in [9.17, 15) is 14.7 Å². The smallest absolute Gasteiger partial charge is 0.408 e. The number of alkyl carbamates (subject to hydrolysis) is 1. The SMILES string of the molecule is CC(C)(C)OC(=O)N[C@H](C(=O)O)C1CCCc2ccc(-c3cnn(C4CC4)c3)cc21. The Bertz CT molecular complexity index is 956. The summed E-state index contributed by atoms with van der Waals surface area (Å²) in [4.78, 5) is 24.3. The zero-order valence-corrected chi connectivity index (χ0v) is 17.7. The molecule has 30 heavy (non-hydrogen) atoms. The number of aliphatic carboxylic acids is 1. The van der Waals surface area contributed by atoms with Crippen molar-refractivity contribution in [2.75, 3.05) is 0 Å². The molecule has 1 unspecified atom stereocenters. The Kier molecular flexibility index (Phi) is 5.30. The lowest BCUT2D eigenvalue weighted by atomic mass is 9.77. The van der Waals surface area contributed by atoms with Crippen LogP contribution in [0.1, 0.15) is 69.5 Å². The monoisotopic (exact) mass is 411 g/mol. The number of carboxylic acids is 1. The van der Waals surface area contributed by atoms with E-state index < -0.39 is 23.7 Å². The lowest BCUT2D eigenvalue weighted by Gasteiger charge is -2.31. The van der Waals surface area contributed by atoms with Crippen LogP contribution in [0, 0.1) is 0 Å². The Hall–Kier alpha value is -2.83. The highest BCUT2D eigenvalue weighted by Gasteiger charge is 2.35. The zero-order valence-electron chi connectivity index (χ0n) is 17.7. The molecule has 2 aromatic rings. The largest absolute Gasteiger partial charge is 0.480 e. The summed E-state index contributed by atoms with van der Waals surface area (Å²) in [5, 5.41) is 16.9. The first-order valence-electron chi connectivity index (χ1n) is 10.6. The average Bonchev–Trinajstić information content (AvgIpc) is 3.40. The van der Waals surface area contributed by atoms with Crippen molar-refractivity contribution in [3.05, 3.63) is 41.7 Å². The predicted molar refractivity (Wildman–Crippen MR) is 112 cm³/mol. The summed E-state index contributed by atoms with van der Waals surface area (Å²) in [6.45, 7) is 5.27. The summed E-state index contributed by atoms with van der Waals surface area (Å²) < 4.78 is 7.31. The lowest BCUT2D eigenvalue weighted by Crippen LogP contribution is -2.47.